The van der Waals surface area contributed by atoms with Crippen LogP contribution in [0.5, 0.6) is 0 Å². The SMILES string of the molecule is CN=C(NCc1ccccc1-n1cccn1)N1CCCC(CC(N)=O)C1.I. The molecule has 0 spiro atoms. The number of amides is 1. The van der Waals surface area contributed by atoms with Crippen LogP contribution in [-0.2, 0) is 11.3 Å². The zero-order chi connectivity index (χ0) is 18.4. The van der Waals surface area contributed by atoms with E-state index in [0.717, 1.165) is 43.1 Å². The number of halogens is 1. The van der Waals surface area contributed by atoms with E-state index in [0.29, 0.717) is 18.9 Å². The van der Waals surface area contributed by atoms with E-state index in [1.807, 2.05) is 29.1 Å². The van der Waals surface area contributed by atoms with Gasteiger partial charge in [-0.25, -0.2) is 4.68 Å². The molecule has 1 atom stereocenters. The van der Waals surface area contributed by atoms with Crippen LogP contribution in [0.4, 0.5) is 0 Å². The Morgan fingerprint density at radius 1 is 1.37 bits per heavy atom. The van der Waals surface area contributed by atoms with Crippen LogP contribution in [0.2, 0.25) is 0 Å². The normalized spacial score (nSPS) is 17.3. The monoisotopic (exact) mass is 482 g/mol. The molecule has 0 saturated carbocycles. The van der Waals surface area contributed by atoms with Gasteiger partial charge in [0.25, 0.3) is 0 Å². The molecule has 8 heteroatoms. The van der Waals surface area contributed by atoms with Gasteiger partial charge in [0, 0.05) is 45.5 Å². The fourth-order valence-electron chi connectivity index (χ4n) is 3.51. The highest BCUT2D eigenvalue weighted by atomic mass is 127. The second-order valence-electron chi connectivity index (χ2n) is 6.60. The first-order valence-electron chi connectivity index (χ1n) is 8.99. The van der Waals surface area contributed by atoms with E-state index in [1.54, 1.807) is 13.2 Å². The predicted molar refractivity (Wildman–Crippen MR) is 117 cm³/mol. The Morgan fingerprint density at radius 3 is 2.89 bits per heavy atom. The van der Waals surface area contributed by atoms with E-state index < -0.39 is 0 Å². The topological polar surface area (TPSA) is 88.5 Å². The summed E-state index contributed by atoms with van der Waals surface area (Å²) < 4.78 is 1.86. The molecule has 0 radical (unpaired) electrons. The number of guanidine groups is 1. The smallest absolute Gasteiger partial charge is 0.217 e. The maximum absolute atomic E-state index is 11.2. The molecule has 3 rings (SSSR count). The lowest BCUT2D eigenvalue weighted by Crippen LogP contribution is -2.47. The third-order valence-corrected chi connectivity index (χ3v) is 4.70. The number of rotatable bonds is 5. The molecule has 2 aromatic rings. The maximum atomic E-state index is 11.2. The summed E-state index contributed by atoms with van der Waals surface area (Å²) in [4.78, 5) is 17.9. The third kappa shape index (κ3) is 5.69. The van der Waals surface area contributed by atoms with Gasteiger partial charge in [-0.1, -0.05) is 18.2 Å². The van der Waals surface area contributed by atoms with Crippen LogP contribution in [0, 0.1) is 5.92 Å². The van der Waals surface area contributed by atoms with Gasteiger partial charge in [-0.2, -0.15) is 5.10 Å². The minimum absolute atomic E-state index is 0. The van der Waals surface area contributed by atoms with Crippen LogP contribution >= 0.6 is 24.0 Å². The number of nitrogens with zero attached hydrogens (tertiary/aromatic N) is 4. The van der Waals surface area contributed by atoms with E-state index in [1.165, 1.54) is 0 Å². The Hall–Kier alpha value is -2.10. The van der Waals surface area contributed by atoms with E-state index in [4.69, 9.17) is 5.73 Å². The number of benzene rings is 1. The van der Waals surface area contributed by atoms with Crippen molar-refractivity contribution in [1.29, 1.82) is 0 Å². The number of aromatic nitrogens is 2. The van der Waals surface area contributed by atoms with Crippen LogP contribution < -0.4 is 11.1 Å². The zero-order valence-electron chi connectivity index (χ0n) is 15.5. The molecule has 1 aliphatic heterocycles. The number of nitrogens with two attached hydrogens (primary N) is 1. The van der Waals surface area contributed by atoms with Crippen LogP contribution in [0.3, 0.4) is 0 Å². The van der Waals surface area contributed by atoms with Crippen molar-refractivity contribution in [2.45, 2.75) is 25.8 Å². The van der Waals surface area contributed by atoms with Crippen LogP contribution in [0.15, 0.2) is 47.7 Å². The number of aliphatic imine (C=N–C) groups is 1. The molecule has 1 aromatic carbocycles. The van der Waals surface area contributed by atoms with Crippen molar-refractivity contribution in [3.05, 3.63) is 48.3 Å². The second-order valence-corrected chi connectivity index (χ2v) is 6.60. The molecular weight excluding hydrogens is 455 g/mol. The highest BCUT2D eigenvalue weighted by Crippen LogP contribution is 2.20. The Bertz CT molecular complexity index is 761. The van der Waals surface area contributed by atoms with Crippen molar-refractivity contribution in [3.63, 3.8) is 0 Å². The molecule has 1 aromatic heterocycles. The molecule has 7 nitrogen and oxygen atoms in total. The standard InChI is InChI=1S/C19H26N6O.HI/c1-21-19(24-10-4-6-15(14-24)12-18(20)26)22-13-16-7-2-3-8-17(16)25-11-5-9-23-25;/h2-3,5,7-9,11,15H,4,6,10,12-14H2,1H3,(H2,20,26)(H,21,22);1H. The lowest BCUT2D eigenvalue weighted by Gasteiger charge is -2.34. The van der Waals surface area contributed by atoms with Gasteiger partial charge in [-0.05, 0) is 36.5 Å². The first kappa shape index (κ1) is 21.2. The number of hydrogen-bond donors (Lipinski definition) is 2. The highest BCUT2D eigenvalue weighted by molar-refractivity contribution is 14.0. The fourth-order valence-corrected chi connectivity index (χ4v) is 3.51. The molecule has 1 amide bonds. The number of para-hydroxylation sites is 1. The van der Waals surface area contributed by atoms with Gasteiger partial charge in [0.1, 0.15) is 0 Å². The molecule has 1 aliphatic rings. The van der Waals surface area contributed by atoms with Gasteiger partial charge in [-0.3, -0.25) is 9.79 Å². The molecule has 1 saturated heterocycles. The largest absolute Gasteiger partial charge is 0.370 e. The van der Waals surface area contributed by atoms with E-state index in [9.17, 15) is 4.79 Å². The number of likely N-dealkylation sites (tertiary alicyclic amines) is 1. The van der Waals surface area contributed by atoms with Gasteiger partial charge in [0.05, 0.1) is 5.69 Å². The summed E-state index contributed by atoms with van der Waals surface area (Å²) >= 11 is 0. The van der Waals surface area contributed by atoms with Gasteiger partial charge >= 0.3 is 0 Å². The molecule has 2 heterocycles. The van der Waals surface area contributed by atoms with Crippen molar-refractivity contribution in [1.82, 2.24) is 20.0 Å². The third-order valence-electron chi connectivity index (χ3n) is 4.70. The zero-order valence-corrected chi connectivity index (χ0v) is 17.9. The highest BCUT2D eigenvalue weighted by Gasteiger charge is 2.23. The molecule has 3 N–H and O–H groups in total. The van der Waals surface area contributed by atoms with Gasteiger partial charge < -0.3 is 16.0 Å². The number of nitrogens with one attached hydrogen (secondary N) is 1. The molecule has 0 bridgehead atoms. The lowest BCUT2D eigenvalue weighted by atomic mass is 9.95. The Labute approximate surface area is 177 Å². The maximum Gasteiger partial charge on any atom is 0.217 e. The lowest BCUT2D eigenvalue weighted by molar-refractivity contribution is -0.119. The van der Waals surface area contributed by atoms with E-state index >= 15 is 0 Å². The summed E-state index contributed by atoms with van der Waals surface area (Å²) in [5.41, 5.74) is 7.55. The Morgan fingerprint density at radius 2 is 2.19 bits per heavy atom. The predicted octanol–water partition coefficient (Wildman–Crippen LogP) is 2.15. The average molecular weight is 482 g/mol. The van der Waals surface area contributed by atoms with E-state index in [2.05, 4.69) is 32.4 Å². The number of carbonyl (C=O) groups is 1. The summed E-state index contributed by atoms with van der Waals surface area (Å²) in [5.74, 6) is 0.929. The van der Waals surface area contributed by atoms with Crippen LogP contribution in [0.1, 0.15) is 24.8 Å². The molecule has 1 fully saturated rings. The first-order valence-corrected chi connectivity index (χ1v) is 8.99. The van der Waals surface area contributed by atoms with E-state index in [-0.39, 0.29) is 29.9 Å². The molecule has 0 aliphatic carbocycles. The number of hydrogen-bond acceptors (Lipinski definition) is 3. The average Bonchev–Trinajstić information content (AvgIpc) is 3.17. The van der Waals surface area contributed by atoms with Crippen LogP contribution in [-0.4, -0.2) is 46.7 Å². The van der Waals surface area contributed by atoms with Gasteiger partial charge in [0.2, 0.25) is 5.91 Å². The Balaban J connectivity index is 0.00000261. The molecule has 1 unspecified atom stereocenters. The van der Waals surface area contributed by atoms with Crippen molar-refractivity contribution in [2.24, 2.45) is 16.6 Å². The summed E-state index contributed by atoms with van der Waals surface area (Å²) in [6.07, 6.45) is 6.24. The van der Waals surface area contributed by atoms with Gasteiger partial charge in [0.15, 0.2) is 5.96 Å². The van der Waals surface area contributed by atoms with Gasteiger partial charge in [-0.15, -0.1) is 24.0 Å². The molecule has 146 valence electrons. The minimum atomic E-state index is -0.229. The summed E-state index contributed by atoms with van der Waals surface area (Å²) in [7, 11) is 1.79. The van der Waals surface area contributed by atoms with Crippen molar-refractivity contribution in [2.75, 3.05) is 20.1 Å². The first-order chi connectivity index (χ1) is 12.7. The Kier molecular flexibility index (Phi) is 8.08. The quantitative estimate of drug-likeness (QED) is 0.389. The fraction of sp³-hybridized carbons (Fsp3) is 0.421. The number of primary amides is 1. The van der Waals surface area contributed by atoms with Crippen LogP contribution in [0.25, 0.3) is 5.69 Å². The van der Waals surface area contributed by atoms with Crippen molar-refractivity contribution >= 4 is 35.8 Å². The summed E-state index contributed by atoms with van der Waals surface area (Å²) in [6.45, 7) is 2.40. The summed E-state index contributed by atoms with van der Waals surface area (Å²) in [5, 5.41) is 7.78. The molecular formula is C19H27IN6O. The number of carbonyl (C=O) groups excluding carboxylic acids is 1. The van der Waals surface area contributed by atoms with Crippen molar-refractivity contribution in [3.8, 4) is 5.69 Å². The number of piperidine rings is 1. The molecule has 27 heavy (non-hydrogen) atoms. The summed E-state index contributed by atoms with van der Waals surface area (Å²) in [6, 6.07) is 10.1. The van der Waals surface area contributed by atoms with Crippen molar-refractivity contribution < 1.29 is 4.79 Å². The minimum Gasteiger partial charge on any atom is -0.370 e. The second kappa shape index (κ2) is 10.3.